The molecule has 1 heterocycles. The lowest BCUT2D eigenvalue weighted by Crippen LogP contribution is -2.41. The summed E-state index contributed by atoms with van der Waals surface area (Å²) >= 11 is 5.82. The van der Waals surface area contributed by atoms with Crippen molar-refractivity contribution in [2.75, 3.05) is 18.4 Å². The Morgan fingerprint density at radius 3 is 2.42 bits per heavy atom. The lowest BCUT2D eigenvalue weighted by atomic mass is 10.2. The number of rotatable bonds is 6. The van der Waals surface area contributed by atoms with E-state index in [0.29, 0.717) is 29.4 Å². The van der Waals surface area contributed by atoms with Crippen LogP contribution in [0.1, 0.15) is 24.2 Å². The molecular weight excluding hydrogens is 326 g/mol. The third kappa shape index (κ3) is 4.80. The molecule has 0 spiro atoms. The lowest BCUT2D eigenvalue weighted by Gasteiger charge is -2.17. The van der Waals surface area contributed by atoms with E-state index >= 15 is 0 Å². The number of hydrogen-bond donors (Lipinski definition) is 1. The van der Waals surface area contributed by atoms with Gasteiger partial charge in [-0.1, -0.05) is 11.6 Å². The van der Waals surface area contributed by atoms with Crippen molar-refractivity contribution in [2.45, 2.75) is 20.4 Å². The number of benzene rings is 1. The first-order chi connectivity index (χ1) is 11.5. The molecular formula is C18H21ClN3O2+. The van der Waals surface area contributed by atoms with Crippen molar-refractivity contribution in [2.24, 2.45) is 0 Å². The number of carbonyl (C=O) groups excluding carboxylic acids is 2. The fourth-order valence-corrected chi connectivity index (χ4v) is 2.47. The Hall–Kier alpha value is -2.40. The minimum Gasteiger partial charge on any atom is -0.339 e. The van der Waals surface area contributed by atoms with Crippen LogP contribution in [0.5, 0.6) is 0 Å². The van der Waals surface area contributed by atoms with Crippen molar-refractivity contribution in [3.05, 3.63) is 59.4 Å². The number of anilines is 1. The molecule has 5 nitrogen and oxygen atoms in total. The summed E-state index contributed by atoms with van der Waals surface area (Å²) in [4.78, 5) is 26.2. The Kier molecular flexibility index (Phi) is 6.32. The zero-order valence-electron chi connectivity index (χ0n) is 13.8. The average molecular weight is 347 g/mol. The number of pyridine rings is 1. The van der Waals surface area contributed by atoms with Gasteiger partial charge in [-0.3, -0.25) is 9.59 Å². The molecule has 0 saturated heterocycles. The van der Waals surface area contributed by atoms with Crippen molar-refractivity contribution < 1.29 is 14.2 Å². The third-order valence-electron chi connectivity index (χ3n) is 3.61. The first kappa shape index (κ1) is 17.9. The molecule has 0 fully saturated rings. The van der Waals surface area contributed by atoms with Crippen LogP contribution in [0.2, 0.25) is 5.02 Å². The summed E-state index contributed by atoms with van der Waals surface area (Å²) < 4.78 is 1.70. The van der Waals surface area contributed by atoms with Gasteiger partial charge in [0.15, 0.2) is 12.4 Å². The topological polar surface area (TPSA) is 53.3 Å². The highest BCUT2D eigenvalue weighted by molar-refractivity contribution is 6.30. The normalized spacial score (nSPS) is 10.3. The van der Waals surface area contributed by atoms with Gasteiger partial charge in [-0.25, -0.2) is 0 Å². The van der Waals surface area contributed by atoms with Crippen LogP contribution in [-0.2, 0) is 11.3 Å². The maximum Gasteiger partial charge on any atom is 0.290 e. The van der Waals surface area contributed by atoms with Gasteiger partial charge < -0.3 is 10.2 Å². The summed E-state index contributed by atoms with van der Waals surface area (Å²) in [6.45, 7) is 5.32. The second-order valence-electron chi connectivity index (χ2n) is 5.30. The number of amides is 2. The minimum absolute atomic E-state index is 0.0348. The van der Waals surface area contributed by atoms with E-state index in [4.69, 9.17) is 11.6 Å². The fraction of sp³-hybridized carbons (Fsp3) is 0.278. The van der Waals surface area contributed by atoms with Gasteiger partial charge in [0.05, 0.1) is 0 Å². The van der Waals surface area contributed by atoms with Crippen molar-refractivity contribution in [1.29, 1.82) is 0 Å². The van der Waals surface area contributed by atoms with Gasteiger partial charge in [0, 0.05) is 29.9 Å². The highest BCUT2D eigenvalue weighted by atomic mass is 35.5. The zero-order valence-corrected chi connectivity index (χ0v) is 14.6. The lowest BCUT2D eigenvalue weighted by molar-refractivity contribution is -0.684. The number of hydrogen-bond acceptors (Lipinski definition) is 2. The molecule has 2 amide bonds. The Labute approximate surface area is 146 Å². The molecule has 1 aromatic carbocycles. The van der Waals surface area contributed by atoms with Crippen LogP contribution in [0.15, 0.2) is 48.8 Å². The number of nitrogens with zero attached hydrogens (tertiary/aromatic N) is 2. The van der Waals surface area contributed by atoms with Gasteiger partial charge in [-0.05, 0) is 44.2 Å². The van der Waals surface area contributed by atoms with E-state index in [-0.39, 0.29) is 18.4 Å². The maximum atomic E-state index is 12.4. The summed E-state index contributed by atoms with van der Waals surface area (Å²) in [7, 11) is 0. The monoisotopic (exact) mass is 346 g/mol. The van der Waals surface area contributed by atoms with E-state index in [1.807, 2.05) is 13.8 Å². The SMILES string of the molecule is CCN(CC)C(=O)c1ccc[n+](CC(=O)Nc2ccc(Cl)cc2)c1. The number of nitrogens with one attached hydrogen (secondary N) is 1. The van der Waals surface area contributed by atoms with Crippen molar-refractivity contribution >= 4 is 29.1 Å². The molecule has 126 valence electrons. The van der Waals surface area contributed by atoms with Gasteiger partial charge in [0.2, 0.25) is 6.54 Å². The molecule has 24 heavy (non-hydrogen) atoms. The Morgan fingerprint density at radius 2 is 1.79 bits per heavy atom. The van der Waals surface area contributed by atoms with Crippen molar-refractivity contribution in [3.63, 3.8) is 0 Å². The van der Waals surface area contributed by atoms with Crippen LogP contribution in [0.3, 0.4) is 0 Å². The molecule has 1 aromatic heterocycles. The standard InChI is InChI=1S/C18H20ClN3O2/c1-3-22(4-2)18(24)14-6-5-11-21(12-14)13-17(23)20-16-9-7-15(19)8-10-16/h5-12H,3-4,13H2,1-2H3/p+1. The molecule has 2 aromatic rings. The summed E-state index contributed by atoms with van der Waals surface area (Å²) in [5, 5.41) is 3.41. The van der Waals surface area contributed by atoms with Gasteiger partial charge in [-0.15, -0.1) is 0 Å². The molecule has 1 N–H and O–H groups in total. The first-order valence-corrected chi connectivity index (χ1v) is 8.25. The first-order valence-electron chi connectivity index (χ1n) is 7.87. The summed E-state index contributed by atoms with van der Waals surface area (Å²) in [6, 6.07) is 10.4. The molecule has 0 aliphatic heterocycles. The van der Waals surface area contributed by atoms with E-state index in [2.05, 4.69) is 5.32 Å². The summed E-state index contributed by atoms with van der Waals surface area (Å²) in [5.74, 6) is -0.206. The predicted octanol–water partition coefficient (Wildman–Crippen LogP) is 2.75. The van der Waals surface area contributed by atoms with Crippen LogP contribution in [0.4, 0.5) is 5.69 Å². The highest BCUT2D eigenvalue weighted by Crippen LogP contribution is 2.13. The Bertz CT molecular complexity index is 712. The minimum atomic E-state index is -0.172. The number of halogens is 1. The molecule has 0 radical (unpaired) electrons. The van der Waals surface area contributed by atoms with E-state index in [9.17, 15) is 9.59 Å². The van der Waals surface area contributed by atoms with Crippen molar-refractivity contribution in [1.82, 2.24) is 4.90 Å². The quantitative estimate of drug-likeness (QED) is 0.818. The van der Waals surface area contributed by atoms with E-state index in [1.54, 1.807) is 58.3 Å². The largest absolute Gasteiger partial charge is 0.339 e. The predicted molar refractivity (Wildman–Crippen MR) is 94.0 cm³/mol. The second-order valence-corrected chi connectivity index (χ2v) is 5.73. The molecule has 0 bridgehead atoms. The molecule has 0 unspecified atom stereocenters. The van der Waals surface area contributed by atoms with E-state index < -0.39 is 0 Å². The Balaban J connectivity index is 2.04. The van der Waals surface area contributed by atoms with Gasteiger partial charge in [0.25, 0.3) is 11.8 Å². The smallest absolute Gasteiger partial charge is 0.290 e. The molecule has 0 aliphatic rings. The average Bonchev–Trinajstić information content (AvgIpc) is 2.58. The summed E-state index contributed by atoms with van der Waals surface area (Å²) in [6.07, 6.45) is 3.46. The maximum absolute atomic E-state index is 12.4. The van der Waals surface area contributed by atoms with Crippen LogP contribution in [0.25, 0.3) is 0 Å². The number of carbonyl (C=O) groups is 2. The van der Waals surface area contributed by atoms with Gasteiger partial charge in [0.1, 0.15) is 5.56 Å². The second kappa shape index (κ2) is 8.45. The molecule has 6 heteroatoms. The van der Waals surface area contributed by atoms with Gasteiger partial charge >= 0.3 is 0 Å². The van der Waals surface area contributed by atoms with Crippen molar-refractivity contribution in [3.8, 4) is 0 Å². The van der Waals surface area contributed by atoms with Gasteiger partial charge in [-0.2, -0.15) is 4.57 Å². The number of aromatic nitrogens is 1. The molecule has 0 atom stereocenters. The highest BCUT2D eigenvalue weighted by Gasteiger charge is 2.17. The van der Waals surface area contributed by atoms with Crippen LogP contribution >= 0.6 is 11.6 Å². The molecule has 0 aliphatic carbocycles. The Morgan fingerprint density at radius 1 is 1.12 bits per heavy atom. The molecule has 2 rings (SSSR count). The molecule has 0 saturated carbocycles. The summed E-state index contributed by atoms with van der Waals surface area (Å²) in [5.41, 5.74) is 1.25. The van der Waals surface area contributed by atoms with Crippen LogP contribution in [-0.4, -0.2) is 29.8 Å². The fourth-order valence-electron chi connectivity index (χ4n) is 2.34. The van der Waals surface area contributed by atoms with Crippen LogP contribution < -0.4 is 9.88 Å². The zero-order chi connectivity index (χ0) is 17.5. The van der Waals surface area contributed by atoms with Crippen LogP contribution in [0, 0.1) is 0 Å². The van der Waals surface area contributed by atoms with E-state index in [0.717, 1.165) is 0 Å². The van der Waals surface area contributed by atoms with E-state index in [1.165, 1.54) is 0 Å². The third-order valence-corrected chi connectivity index (χ3v) is 3.86.